The molecule has 2 aromatic rings. The van der Waals surface area contributed by atoms with Crippen molar-refractivity contribution in [1.29, 1.82) is 0 Å². The maximum absolute atomic E-state index is 12.6. The lowest BCUT2D eigenvalue weighted by molar-refractivity contribution is -0.141. The third kappa shape index (κ3) is 3.05. The van der Waals surface area contributed by atoms with Crippen molar-refractivity contribution in [2.75, 3.05) is 5.32 Å². The highest BCUT2D eigenvalue weighted by atomic mass is 19.4. The fourth-order valence-electron chi connectivity index (χ4n) is 1.65. The second-order valence-electron chi connectivity index (χ2n) is 4.08. The number of halogens is 3. The summed E-state index contributed by atoms with van der Waals surface area (Å²) in [7, 11) is 0. The second-order valence-corrected chi connectivity index (χ2v) is 4.08. The van der Waals surface area contributed by atoms with Crippen molar-refractivity contribution in [2.45, 2.75) is 18.6 Å². The van der Waals surface area contributed by atoms with Crippen molar-refractivity contribution < 1.29 is 23.1 Å². The highest BCUT2D eigenvalue weighted by Gasteiger charge is 2.34. The van der Waals surface area contributed by atoms with Crippen LogP contribution in [-0.4, -0.2) is 31.7 Å². The maximum Gasteiger partial charge on any atom is 0.435 e. The zero-order valence-electron chi connectivity index (χ0n) is 10.4. The van der Waals surface area contributed by atoms with Gasteiger partial charge in [-0.05, 0) is 0 Å². The number of aromatic nitrogens is 3. The van der Waals surface area contributed by atoms with Crippen molar-refractivity contribution in [3.05, 3.63) is 24.2 Å². The molecule has 0 fully saturated rings. The molecule has 0 aliphatic carbocycles. The van der Waals surface area contributed by atoms with E-state index in [1.165, 1.54) is 12.4 Å². The van der Waals surface area contributed by atoms with Gasteiger partial charge < -0.3 is 10.4 Å². The molecule has 0 bridgehead atoms. The molecule has 2 rings (SSSR count). The van der Waals surface area contributed by atoms with Crippen LogP contribution in [0.4, 0.5) is 19.0 Å². The van der Waals surface area contributed by atoms with Gasteiger partial charge >= 0.3 is 12.1 Å². The third-order valence-electron chi connectivity index (χ3n) is 2.61. The molecule has 0 saturated heterocycles. The number of carboxylic acids is 1. The normalized spacial score (nSPS) is 12.9. The number of anilines is 1. The van der Waals surface area contributed by atoms with E-state index in [2.05, 4.69) is 21.3 Å². The Morgan fingerprint density at radius 3 is 2.86 bits per heavy atom. The van der Waals surface area contributed by atoms with Gasteiger partial charge in [-0.1, -0.05) is 0 Å². The van der Waals surface area contributed by atoms with Crippen LogP contribution in [0.3, 0.4) is 0 Å². The summed E-state index contributed by atoms with van der Waals surface area (Å²) in [6.45, 7) is 0. The van der Waals surface area contributed by atoms with Gasteiger partial charge in [0.05, 0.1) is 0 Å². The molecule has 21 heavy (non-hydrogen) atoms. The highest BCUT2D eigenvalue weighted by Crippen LogP contribution is 2.30. The summed E-state index contributed by atoms with van der Waals surface area (Å²) in [4.78, 5) is 14.8. The summed E-state index contributed by atoms with van der Waals surface area (Å²) in [5.74, 6) is 0.905. The van der Waals surface area contributed by atoms with Crippen LogP contribution in [0.1, 0.15) is 12.1 Å². The van der Waals surface area contributed by atoms with Crippen molar-refractivity contribution in [1.82, 2.24) is 14.6 Å². The summed E-state index contributed by atoms with van der Waals surface area (Å²) < 4.78 is 38.9. The minimum absolute atomic E-state index is 0.00750. The van der Waals surface area contributed by atoms with Gasteiger partial charge in [-0.3, -0.25) is 0 Å². The minimum Gasteiger partial charge on any atom is -0.480 e. The van der Waals surface area contributed by atoms with Crippen LogP contribution in [0.15, 0.2) is 18.5 Å². The smallest absolute Gasteiger partial charge is 0.435 e. The van der Waals surface area contributed by atoms with Gasteiger partial charge in [-0.2, -0.15) is 18.3 Å². The Labute approximate surface area is 116 Å². The first kappa shape index (κ1) is 14.6. The SMILES string of the molecule is C#CCC(Nc1nccn2nc(C(F)(F)F)cc12)C(=O)O. The number of nitrogens with one attached hydrogen (secondary N) is 1. The fraction of sp³-hybridized carbons (Fsp3) is 0.250. The van der Waals surface area contributed by atoms with Gasteiger partial charge in [0.1, 0.15) is 11.6 Å². The van der Waals surface area contributed by atoms with Crippen LogP contribution >= 0.6 is 0 Å². The molecule has 2 heterocycles. The Hall–Kier alpha value is -2.76. The Morgan fingerprint density at radius 2 is 2.29 bits per heavy atom. The first-order valence-electron chi connectivity index (χ1n) is 5.67. The van der Waals surface area contributed by atoms with Gasteiger partial charge in [0, 0.05) is 24.9 Å². The number of carboxylic acid groups (broad SMARTS) is 1. The number of alkyl halides is 3. The zero-order valence-corrected chi connectivity index (χ0v) is 10.4. The Bertz CT molecular complexity index is 717. The third-order valence-corrected chi connectivity index (χ3v) is 2.61. The van der Waals surface area contributed by atoms with Crippen LogP contribution in [0.5, 0.6) is 0 Å². The van der Waals surface area contributed by atoms with Gasteiger partial charge in [0.25, 0.3) is 0 Å². The van der Waals surface area contributed by atoms with Crippen LogP contribution in [0, 0.1) is 12.3 Å². The van der Waals surface area contributed by atoms with E-state index in [0.717, 1.165) is 10.6 Å². The van der Waals surface area contributed by atoms with E-state index in [9.17, 15) is 18.0 Å². The standard InChI is InChI=1S/C12H9F3N4O2/c1-2-3-7(11(20)21)17-10-8-6-9(12(13,14)15)18-19(8)5-4-16-10/h1,4-7H,3H2,(H,16,17)(H,20,21). The molecule has 0 saturated carbocycles. The Balaban J connectivity index is 2.43. The van der Waals surface area contributed by atoms with Crippen LogP contribution in [-0.2, 0) is 11.0 Å². The second kappa shape index (κ2) is 5.32. The molecule has 2 aromatic heterocycles. The first-order chi connectivity index (χ1) is 9.82. The minimum atomic E-state index is -4.60. The van der Waals surface area contributed by atoms with Crippen molar-refractivity contribution in [3.63, 3.8) is 0 Å². The lowest BCUT2D eigenvalue weighted by Gasteiger charge is -2.12. The van der Waals surface area contributed by atoms with Crippen LogP contribution < -0.4 is 5.32 Å². The summed E-state index contributed by atoms with van der Waals surface area (Å²) in [5, 5.41) is 14.9. The number of carbonyl (C=O) groups is 1. The van der Waals surface area contributed by atoms with E-state index >= 15 is 0 Å². The van der Waals surface area contributed by atoms with Crippen molar-refractivity contribution >= 4 is 17.3 Å². The largest absolute Gasteiger partial charge is 0.480 e. The molecule has 0 aromatic carbocycles. The fourth-order valence-corrected chi connectivity index (χ4v) is 1.65. The number of rotatable bonds is 4. The predicted molar refractivity (Wildman–Crippen MR) is 66.5 cm³/mol. The van der Waals surface area contributed by atoms with Gasteiger partial charge in [-0.15, -0.1) is 12.3 Å². The quantitative estimate of drug-likeness (QED) is 0.839. The molecule has 0 radical (unpaired) electrons. The molecular formula is C12H9F3N4O2. The molecule has 110 valence electrons. The molecule has 1 atom stereocenters. The monoisotopic (exact) mass is 298 g/mol. The van der Waals surface area contributed by atoms with Gasteiger partial charge in [0.2, 0.25) is 0 Å². The lowest BCUT2D eigenvalue weighted by atomic mass is 10.2. The lowest BCUT2D eigenvalue weighted by Crippen LogP contribution is -2.29. The summed E-state index contributed by atoms with van der Waals surface area (Å²) in [6, 6.07) is -0.373. The number of aliphatic carboxylic acids is 1. The van der Waals surface area contributed by atoms with Crippen molar-refractivity contribution in [2.24, 2.45) is 0 Å². The zero-order chi connectivity index (χ0) is 15.6. The summed E-state index contributed by atoms with van der Waals surface area (Å²) in [6.07, 6.45) is 2.75. The average molecular weight is 298 g/mol. The molecule has 0 spiro atoms. The topological polar surface area (TPSA) is 79.5 Å². The van der Waals surface area contributed by atoms with Crippen molar-refractivity contribution in [3.8, 4) is 12.3 Å². The molecule has 0 amide bonds. The molecule has 0 aliphatic heterocycles. The number of nitrogens with zero attached hydrogens (tertiary/aromatic N) is 3. The molecule has 1 unspecified atom stereocenters. The number of terminal acetylenes is 1. The molecule has 0 aliphatic rings. The average Bonchev–Trinajstić information content (AvgIpc) is 2.83. The van der Waals surface area contributed by atoms with Crippen LogP contribution in [0.2, 0.25) is 0 Å². The predicted octanol–water partition coefficient (Wildman–Crippen LogP) is 1.64. The Kier molecular flexibility index (Phi) is 3.71. The van der Waals surface area contributed by atoms with E-state index in [1.807, 2.05) is 0 Å². The van der Waals surface area contributed by atoms with E-state index in [-0.39, 0.29) is 17.8 Å². The molecular weight excluding hydrogens is 289 g/mol. The molecule has 2 N–H and O–H groups in total. The van der Waals surface area contributed by atoms with Gasteiger partial charge in [0.15, 0.2) is 11.5 Å². The molecule has 9 heteroatoms. The highest BCUT2D eigenvalue weighted by molar-refractivity contribution is 5.80. The van der Waals surface area contributed by atoms with E-state index in [4.69, 9.17) is 11.5 Å². The molecule has 6 nitrogen and oxygen atoms in total. The van der Waals surface area contributed by atoms with E-state index in [0.29, 0.717) is 0 Å². The summed E-state index contributed by atoms with van der Waals surface area (Å²) in [5.41, 5.74) is -1.09. The summed E-state index contributed by atoms with van der Waals surface area (Å²) >= 11 is 0. The van der Waals surface area contributed by atoms with E-state index in [1.54, 1.807) is 0 Å². The number of hydrogen-bond acceptors (Lipinski definition) is 4. The number of hydrogen-bond donors (Lipinski definition) is 2. The number of fused-ring (bicyclic) bond motifs is 1. The maximum atomic E-state index is 12.6. The first-order valence-corrected chi connectivity index (χ1v) is 5.67. The van der Waals surface area contributed by atoms with Gasteiger partial charge in [-0.25, -0.2) is 14.3 Å². The van der Waals surface area contributed by atoms with E-state index < -0.39 is 23.9 Å². The van der Waals surface area contributed by atoms with Crippen LogP contribution in [0.25, 0.3) is 5.52 Å². The Morgan fingerprint density at radius 1 is 1.57 bits per heavy atom.